The lowest BCUT2D eigenvalue weighted by atomic mass is 10.0. The summed E-state index contributed by atoms with van der Waals surface area (Å²) in [5.41, 5.74) is 0.895. The first-order valence-electron chi connectivity index (χ1n) is 13.5. The normalized spacial score (nSPS) is 12.7. The Morgan fingerprint density at radius 2 is 1.43 bits per heavy atom. The van der Waals surface area contributed by atoms with Crippen LogP contribution in [-0.2, 0) is 20.7 Å². The standard InChI is InChI=1S/C33H35N3O6/c1-33(2,3)42-32(41)35-28(19-21-9-15-26(37)16-10-21)31(40)36(4)29(23-12-17-27(38)18-13-23)30(39)34-25-14-11-22-7-5-6-8-24(22)20-25/h5-18,20,28-29,37-38H,19H2,1-4H3,(H,34,39)(H,35,41). The third-order valence-corrected chi connectivity index (χ3v) is 6.57. The molecule has 42 heavy (non-hydrogen) atoms. The van der Waals surface area contributed by atoms with Gasteiger partial charge in [-0.1, -0.05) is 54.6 Å². The van der Waals surface area contributed by atoms with Gasteiger partial charge in [-0.15, -0.1) is 0 Å². The molecule has 2 atom stereocenters. The molecule has 0 aliphatic heterocycles. The summed E-state index contributed by atoms with van der Waals surface area (Å²) in [6.07, 6.45) is -0.702. The molecule has 4 aromatic rings. The second-order valence-electron chi connectivity index (χ2n) is 11.1. The van der Waals surface area contributed by atoms with Crippen molar-refractivity contribution in [3.63, 3.8) is 0 Å². The number of ether oxygens (including phenoxy) is 1. The van der Waals surface area contributed by atoms with Gasteiger partial charge in [-0.25, -0.2) is 4.79 Å². The number of amides is 3. The van der Waals surface area contributed by atoms with Crippen molar-refractivity contribution in [2.75, 3.05) is 12.4 Å². The second kappa shape index (κ2) is 12.6. The minimum atomic E-state index is -1.10. The van der Waals surface area contributed by atoms with E-state index < -0.39 is 35.6 Å². The Hall–Kier alpha value is -5.05. The van der Waals surface area contributed by atoms with Gasteiger partial charge in [-0.2, -0.15) is 0 Å². The predicted molar refractivity (Wildman–Crippen MR) is 161 cm³/mol. The quantitative estimate of drug-likeness (QED) is 0.221. The van der Waals surface area contributed by atoms with Gasteiger partial charge in [0.1, 0.15) is 29.2 Å². The molecule has 2 unspecified atom stereocenters. The van der Waals surface area contributed by atoms with Gasteiger partial charge in [0.25, 0.3) is 5.91 Å². The number of carbonyl (C=O) groups excluding carboxylic acids is 3. The number of aromatic hydroxyl groups is 2. The number of rotatable bonds is 8. The van der Waals surface area contributed by atoms with E-state index in [0.29, 0.717) is 16.8 Å². The van der Waals surface area contributed by atoms with Crippen LogP contribution in [0.2, 0.25) is 0 Å². The van der Waals surface area contributed by atoms with E-state index in [-0.39, 0.29) is 17.9 Å². The van der Waals surface area contributed by atoms with Crippen LogP contribution in [0.25, 0.3) is 10.8 Å². The van der Waals surface area contributed by atoms with Gasteiger partial charge in [0.05, 0.1) is 0 Å². The lowest BCUT2D eigenvalue weighted by Crippen LogP contribution is -2.52. The van der Waals surface area contributed by atoms with Crippen molar-refractivity contribution < 1.29 is 29.3 Å². The summed E-state index contributed by atoms with van der Waals surface area (Å²) in [5, 5.41) is 27.1. The van der Waals surface area contributed by atoms with Crippen LogP contribution in [0.4, 0.5) is 10.5 Å². The maximum absolute atomic E-state index is 14.0. The summed E-state index contributed by atoms with van der Waals surface area (Å²) in [7, 11) is 1.49. The van der Waals surface area contributed by atoms with Crippen LogP contribution < -0.4 is 10.6 Å². The van der Waals surface area contributed by atoms with Crippen molar-refractivity contribution in [1.29, 1.82) is 0 Å². The van der Waals surface area contributed by atoms with Crippen molar-refractivity contribution in [3.8, 4) is 11.5 Å². The summed E-state index contributed by atoms with van der Waals surface area (Å²) in [6.45, 7) is 5.15. The van der Waals surface area contributed by atoms with E-state index in [1.165, 1.54) is 36.2 Å². The van der Waals surface area contributed by atoms with Crippen molar-refractivity contribution >= 4 is 34.4 Å². The Kier molecular flexibility index (Phi) is 9.00. The van der Waals surface area contributed by atoms with E-state index >= 15 is 0 Å². The number of nitrogens with one attached hydrogen (secondary N) is 2. The van der Waals surface area contributed by atoms with E-state index in [1.807, 2.05) is 36.4 Å². The zero-order chi connectivity index (χ0) is 30.4. The number of anilines is 1. The zero-order valence-electron chi connectivity index (χ0n) is 24.0. The van der Waals surface area contributed by atoms with Gasteiger partial charge in [0, 0.05) is 19.2 Å². The van der Waals surface area contributed by atoms with Crippen LogP contribution in [0.3, 0.4) is 0 Å². The second-order valence-corrected chi connectivity index (χ2v) is 11.1. The number of hydrogen-bond donors (Lipinski definition) is 4. The lowest BCUT2D eigenvalue weighted by molar-refractivity contribution is -0.139. The van der Waals surface area contributed by atoms with E-state index in [9.17, 15) is 24.6 Å². The Morgan fingerprint density at radius 1 is 0.833 bits per heavy atom. The Balaban J connectivity index is 1.65. The van der Waals surface area contributed by atoms with Gasteiger partial charge in [0.2, 0.25) is 5.91 Å². The van der Waals surface area contributed by atoms with Gasteiger partial charge >= 0.3 is 6.09 Å². The van der Waals surface area contributed by atoms with Crippen LogP contribution >= 0.6 is 0 Å². The Labute approximate surface area is 244 Å². The molecule has 0 aliphatic rings. The molecule has 0 radical (unpaired) electrons. The highest BCUT2D eigenvalue weighted by molar-refractivity contribution is 6.00. The molecule has 0 bridgehead atoms. The minimum absolute atomic E-state index is 0.0122. The molecule has 4 N–H and O–H groups in total. The average molecular weight is 570 g/mol. The first-order valence-corrected chi connectivity index (χ1v) is 13.5. The highest BCUT2D eigenvalue weighted by Gasteiger charge is 2.34. The number of hydrogen-bond acceptors (Lipinski definition) is 6. The lowest BCUT2D eigenvalue weighted by Gasteiger charge is -2.32. The maximum Gasteiger partial charge on any atom is 0.408 e. The fourth-order valence-electron chi connectivity index (χ4n) is 4.58. The highest BCUT2D eigenvalue weighted by Crippen LogP contribution is 2.26. The molecule has 4 rings (SSSR count). The molecule has 3 amide bonds. The topological polar surface area (TPSA) is 128 Å². The number of phenols is 2. The highest BCUT2D eigenvalue weighted by atomic mass is 16.6. The molecule has 0 fully saturated rings. The molecule has 0 spiro atoms. The molecule has 218 valence electrons. The molecule has 0 aliphatic carbocycles. The summed E-state index contributed by atoms with van der Waals surface area (Å²) in [4.78, 5) is 41.8. The third kappa shape index (κ3) is 7.78. The molecule has 0 saturated heterocycles. The van der Waals surface area contributed by atoms with Crippen molar-refractivity contribution in [2.24, 2.45) is 0 Å². The zero-order valence-corrected chi connectivity index (χ0v) is 24.0. The Bertz CT molecular complexity index is 1560. The smallest absolute Gasteiger partial charge is 0.408 e. The van der Waals surface area contributed by atoms with Gasteiger partial charge in [-0.3, -0.25) is 9.59 Å². The number of likely N-dealkylation sites (N-methyl/N-ethyl adjacent to an activating group) is 1. The van der Waals surface area contributed by atoms with E-state index in [0.717, 1.165) is 10.8 Å². The summed E-state index contributed by atoms with van der Waals surface area (Å²) >= 11 is 0. The predicted octanol–water partition coefficient (Wildman–Crippen LogP) is 5.53. The Morgan fingerprint density at radius 3 is 2.05 bits per heavy atom. The fourth-order valence-corrected chi connectivity index (χ4v) is 4.58. The third-order valence-electron chi connectivity index (χ3n) is 6.57. The number of carbonyl (C=O) groups is 3. The van der Waals surface area contributed by atoms with Crippen molar-refractivity contribution in [1.82, 2.24) is 10.2 Å². The molecule has 9 heteroatoms. The van der Waals surface area contributed by atoms with E-state index in [4.69, 9.17) is 4.74 Å². The molecular formula is C33H35N3O6. The fraction of sp³-hybridized carbons (Fsp3) is 0.242. The molecule has 4 aromatic carbocycles. The number of fused-ring (bicyclic) bond motifs is 1. The van der Waals surface area contributed by atoms with Crippen molar-refractivity contribution in [2.45, 2.75) is 44.9 Å². The van der Waals surface area contributed by atoms with Crippen molar-refractivity contribution in [3.05, 3.63) is 102 Å². The molecule has 9 nitrogen and oxygen atoms in total. The summed E-state index contributed by atoms with van der Waals surface area (Å²) < 4.78 is 5.41. The van der Waals surface area contributed by atoms with E-state index in [1.54, 1.807) is 51.1 Å². The minimum Gasteiger partial charge on any atom is -0.508 e. The number of benzene rings is 4. The molecule has 0 aromatic heterocycles. The largest absolute Gasteiger partial charge is 0.508 e. The maximum atomic E-state index is 14.0. The number of alkyl carbamates (subject to hydrolysis) is 1. The van der Waals surface area contributed by atoms with Crippen LogP contribution in [0.5, 0.6) is 11.5 Å². The average Bonchev–Trinajstić information content (AvgIpc) is 2.93. The van der Waals surface area contributed by atoms with Crippen LogP contribution in [0, 0.1) is 0 Å². The number of phenolic OH excluding ortho intramolecular Hbond substituents is 2. The van der Waals surface area contributed by atoms with Gasteiger partial charge in [0.15, 0.2) is 0 Å². The van der Waals surface area contributed by atoms with Crippen LogP contribution in [-0.4, -0.2) is 51.7 Å². The molecular weight excluding hydrogens is 534 g/mol. The van der Waals surface area contributed by atoms with Gasteiger partial charge < -0.3 is 30.5 Å². The first kappa shape index (κ1) is 29.9. The molecule has 0 saturated carbocycles. The SMILES string of the molecule is CN(C(=O)C(Cc1ccc(O)cc1)NC(=O)OC(C)(C)C)C(C(=O)Nc1ccc2ccccc2c1)c1ccc(O)cc1. The van der Waals surface area contributed by atoms with Crippen LogP contribution in [0.15, 0.2) is 91.0 Å². The monoisotopic (exact) mass is 569 g/mol. The number of nitrogens with zero attached hydrogens (tertiary/aromatic N) is 1. The summed E-state index contributed by atoms with van der Waals surface area (Å²) in [6, 6.07) is 23.4. The first-order chi connectivity index (χ1) is 19.9. The summed E-state index contributed by atoms with van der Waals surface area (Å²) in [5.74, 6) is -0.942. The van der Waals surface area contributed by atoms with Crippen LogP contribution in [0.1, 0.15) is 37.9 Å². The molecule has 0 heterocycles. The van der Waals surface area contributed by atoms with E-state index in [2.05, 4.69) is 10.6 Å². The van der Waals surface area contributed by atoms with Gasteiger partial charge in [-0.05, 0) is 79.1 Å².